The quantitative estimate of drug-likeness (QED) is 0.178. The molecule has 3 heterocycles. The van der Waals surface area contributed by atoms with Crippen LogP contribution in [0.2, 0.25) is 0 Å². The molecule has 0 saturated heterocycles. The third-order valence-electron chi connectivity index (χ3n) is 8.24. The molecule has 0 saturated carbocycles. The van der Waals surface area contributed by atoms with E-state index in [2.05, 4.69) is 103 Å². The number of hydrogen-bond acceptors (Lipinski definition) is 5. The van der Waals surface area contributed by atoms with Gasteiger partial charge in [-0.15, -0.1) is 0 Å². The summed E-state index contributed by atoms with van der Waals surface area (Å²) in [6, 6.07) is 55.7. The molecule has 0 aliphatic rings. The minimum absolute atomic E-state index is 0.481. The Kier molecular flexibility index (Phi) is 7.83. The monoisotopic (exact) mass is 615 g/mol. The van der Waals surface area contributed by atoms with E-state index in [4.69, 9.17) is 24.9 Å². The molecule has 5 nitrogen and oxygen atoms in total. The molecule has 5 heteroatoms. The van der Waals surface area contributed by atoms with Crippen LogP contribution in [0.4, 0.5) is 0 Å². The molecule has 0 spiro atoms. The van der Waals surface area contributed by atoms with Crippen LogP contribution in [0.25, 0.3) is 78.9 Å². The van der Waals surface area contributed by atoms with Crippen molar-refractivity contribution in [2.24, 2.45) is 0 Å². The van der Waals surface area contributed by atoms with Crippen molar-refractivity contribution in [2.45, 2.75) is 0 Å². The average molecular weight is 616 g/mol. The Hall–Kier alpha value is -6.59. The minimum Gasteiger partial charge on any atom is -0.252 e. The van der Waals surface area contributed by atoms with E-state index < -0.39 is 0 Å². The Labute approximate surface area is 279 Å². The molecule has 0 aliphatic carbocycles. The second-order valence-electron chi connectivity index (χ2n) is 11.4. The lowest BCUT2D eigenvalue weighted by molar-refractivity contribution is 1.05. The Morgan fingerprint density at radius 3 is 0.938 bits per heavy atom. The molecule has 8 aromatic rings. The van der Waals surface area contributed by atoms with Crippen molar-refractivity contribution in [3.8, 4) is 78.9 Å². The second-order valence-corrected chi connectivity index (χ2v) is 11.4. The van der Waals surface area contributed by atoms with E-state index in [-0.39, 0.29) is 0 Å². The molecule has 226 valence electrons. The summed E-state index contributed by atoms with van der Waals surface area (Å²) in [5.74, 6) is 1.51. The van der Waals surface area contributed by atoms with Crippen LogP contribution in [0.3, 0.4) is 0 Å². The predicted molar refractivity (Wildman–Crippen MR) is 193 cm³/mol. The number of rotatable bonds is 7. The van der Waals surface area contributed by atoms with Gasteiger partial charge in [-0.25, -0.2) is 15.0 Å². The number of hydrogen-bond donors (Lipinski definition) is 0. The summed E-state index contributed by atoms with van der Waals surface area (Å²) >= 11 is 0. The molecular formula is C43H29N5. The molecule has 8 rings (SSSR count). The summed E-state index contributed by atoms with van der Waals surface area (Å²) in [5, 5.41) is 0. The molecular weight excluding hydrogens is 587 g/mol. The van der Waals surface area contributed by atoms with Gasteiger partial charge in [0.15, 0.2) is 17.5 Å². The van der Waals surface area contributed by atoms with Crippen LogP contribution in [0, 0.1) is 0 Å². The van der Waals surface area contributed by atoms with Gasteiger partial charge >= 0.3 is 0 Å². The molecule has 0 bridgehead atoms. The molecule has 0 atom stereocenters. The van der Waals surface area contributed by atoms with Crippen LogP contribution in [0.1, 0.15) is 0 Å². The molecule has 3 aromatic heterocycles. The zero-order valence-corrected chi connectivity index (χ0v) is 26.0. The van der Waals surface area contributed by atoms with Gasteiger partial charge in [0.05, 0.1) is 0 Å². The fourth-order valence-corrected chi connectivity index (χ4v) is 5.74. The van der Waals surface area contributed by atoms with E-state index in [0.717, 1.165) is 50.1 Å². The lowest BCUT2D eigenvalue weighted by Gasteiger charge is -2.12. The fourth-order valence-electron chi connectivity index (χ4n) is 5.74. The van der Waals surface area contributed by atoms with Crippen LogP contribution in [0.15, 0.2) is 176 Å². The lowest BCUT2D eigenvalue weighted by atomic mass is 9.96. The van der Waals surface area contributed by atoms with Crippen molar-refractivity contribution >= 4 is 0 Å². The first kappa shape index (κ1) is 28.9. The highest BCUT2D eigenvalue weighted by molar-refractivity contribution is 5.80. The van der Waals surface area contributed by atoms with E-state index in [9.17, 15) is 0 Å². The van der Waals surface area contributed by atoms with Gasteiger partial charge in [-0.2, -0.15) is 0 Å². The van der Waals surface area contributed by atoms with Crippen LogP contribution in [-0.2, 0) is 0 Å². The summed E-state index contributed by atoms with van der Waals surface area (Å²) in [6.45, 7) is 0. The minimum atomic E-state index is 0.481. The third-order valence-corrected chi connectivity index (χ3v) is 8.24. The average Bonchev–Trinajstić information content (AvgIpc) is 3.19. The Balaban J connectivity index is 1.28. The Morgan fingerprint density at radius 2 is 0.583 bits per heavy atom. The highest BCUT2D eigenvalue weighted by Crippen LogP contribution is 2.33. The molecule has 48 heavy (non-hydrogen) atoms. The van der Waals surface area contributed by atoms with E-state index in [0.29, 0.717) is 28.9 Å². The van der Waals surface area contributed by atoms with Gasteiger partial charge in [0.2, 0.25) is 0 Å². The van der Waals surface area contributed by atoms with Crippen molar-refractivity contribution in [3.05, 3.63) is 176 Å². The summed E-state index contributed by atoms with van der Waals surface area (Å²) in [7, 11) is 0. The first-order chi connectivity index (χ1) is 23.8. The van der Waals surface area contributed by atoms with Crippen LogP contribution >= 0.6 is 0 Å². The lowest BCUT2D eigenvalue weighted by Crippen LogP contribution is -2.02. The van der Waals surface area contributed by atoms with Gasteiger partial charge in [-0.3, -0.25) is 9.97 Å². The predicted octanol–water partition coefficient (Wildman–Crippen LogP) is 10.3. The van der Waals surface area contributed by atoms with Gasteiger partial charge in [0.1, 0.15) is 11.4 Å². The van der Waals surface area contributed by atoms with E-state index in [1.807, 2.05) is 73.1 Å². The van der Waals surface area contributed by atoms with Crippen LogP contribution in [-0.4, -0.2) is 24.9 Å². The Morgan fingerprint density at radius 1 is 0.250 bits per heavy atom. The van der Waals surface area contributed by atoms with E-state index in [1.54, 1.807) is 0 Å². The Bertz CT molecular complexity index is 2130. The van der Waals surface area contributed by atoms with Crippen molar-refractivity contribution in [3.63, 3.8) is 0 Å². The van der Waals surface area contributed by atoms with Crippen molar-refractivity contribution < 1.29 is 0 Å². The molecule has 0 N–H and O–H groups in total. The van der Waals surface area contributed by atoms with Crippen LogP contribution < -0.4 is 0 Å². The van der Waals surface area contributed by atoms with Gasteiger partial charge in [0.25, 0.3) is 0 Å². The van der Waals surface area contributed by atoms with Gasteiger partial charge in [-0.05, 0) is 63.7 Å². The summed E-state index contributed by atoms with van der Waals surface area (Å²) in [5.41, 5.74) is 10.8. The number of pyridine rings is 2. The number of benzene rings is 5. The first-order valence-electron chi connectivity index (χ1n) is 15.8. The summed E-state index contributed by atoms with van der Waals surface area (Å²) in [4.78, 5) is 24.6. The van der Waals surface area contributed by atoms with Crippen molar-refractivity contribution in [1.82, 2.24) is 24.9 Å². The zero-order valence-electron chi connectivity index (χ0n) is 26.0. The highest BCUT2D eigenvalue weighted by atomic mass is 15.1. The SMILES string of the molecule is c1ccc(-c2ccc(-c3nc(-c4cc(-c5ccccc5)cc(-c5ccccc5)c4)nc(-c4ccc(-c5ccccc5)cn4)n3)nc2)cc1. The molecule has 0 fully saturated rings. The first-order valence-corrected chi connectivity index (χ1v) is 15.8. The maximum absolute atomic E-state index is 5.02. The molecule has 5 aromatic carbocycles. The van der Waals surface area contributed by atoms with E-state index >= 15 is 0 Å². The molecule has 0 aliphatic heterocycles. The molecule has 0 radical (unpaired) electrons. The van der Waals surface area contributed by atoms with E-state index in [1.165, 1.54) is 0 Å². The van der Waals surface area contributed by atoms with Crippen molar-refractivity contribution in [1.29, 1.82) is 0 Å². The zero-order chi connectivity index (χ0) is 32.1. The van der Waals surface area contributed by atoms with Gasteiger partial charge in [0, 0.05) is 29.1 Å². The van der Waals surface area contributed by atoms with Crippen molar-refractivity contribution in [2.75, 3.05) is 0 Å². The highest BCUT2D eigenvalue weighted by Gasteiger charge is 2.16. The normalized spacial score (nSPS) is 10.9. The largest absolute Gasteiger partial charge is 0.252 e. The maximum Gasteiger partial charge on any atom is 0.182 e. The molecule has 0 amide bonds. The fraction of sp³-hybridized carbons (Fsp3) is 0. The summed E-state index contributed by atoms with van der Waals surface area (Å²) in [6.07, 6.45) is 3.73. The summed E-state index contributed by atoms with van der Waals surface area (Å²) < 4.78 is 0. The third kappa shape index (κ3) is 6.13. The maximum atomic E-state index is 5.02. The number of aromatic nitrogens is 5. The smallest absolute Gasteiger partial charge is 0.182 e. The standard InChI is InChI=1S/C43H29N5/c1-5-13-30(14-6-1)34-21-23-39(44-28-34)42-46-41(47-43(48-42)40-24-22-35(29-45-40)31-15-7-2-8-16-31)38-26-36(32-17-9-3-10-18-32)25-37(27-38)33-19-11-4-12-20-33/h1-29H. The topological polar surface area (TPSA) is 64.5 Å². The van der Waals surface area contributed by atoms with Gasteiger partial charge < -0.3 is 0 Å². The second kappa shape index (κ2) is 13.0. The van der Waals surface area contributed by atoms with Crippen LogP contribution in [0.5, 0.6) is 0 Å². The molecule has 0 unspecified atom stereocenters. The number of nitrogens with zero attached hydrogens (tertiary/aromatic N) is 5. The van der Waals surface area contributed by atoms with Gasteiger partial charge in [-0.1, -0.05) is 133 Å².